The molecule has 5 heteroatoms. The second-order valence-electron chi connectivity index (χ2n) is 8.83. The highest BCUT2D eigenvalue weighted by molar-refractivity contribution is 6.51. The van der Waals surface area contributed by atoms with E-state index in [1.54, 1.807) is 30.3 Å². The monoisotopic (exact) mass is 455 g/mol. The van der Waals surface area contributed by atoms with Gasteiger partial charge in [0, 0.05) is 11.3 Å². The zero-order chi connectivity index (χ0) is 24.2. The number of carbonyl (C=O) groups is 2. The molecule has 3 aromatic rings. The summed E-state index contributed by atoms with van der Waals surface area (Å²) in [6, 6.07) is 23.1. The second kappa shape index (κ2) is 9.96. The predicted molar refractivity (Wildman–Crippen MR) is 134 cm³/mol. The first-order valence-corrected chi connectivity index (χ1v) is 11.6. The summed E-state index contributed by atoms with van der Waals surface area (Å²) in [6.07, 6.45) is 0.877. The summed E-state index contributed by atoms with van der Waals surface area (Å²) in [5.74, 6) is -0.640. The number of Topliss-reactive ketones (excluding diaryl/α,β-unsaturated/α-hetero) is 1. The molecule has 3 aromatic carbocycles. The van der Waals surface area contributed by atoms with Crippen molar-refractivity contribution in [2.75, 3.05) is 11.5 Å². The lowest BCUT2D eigenvalue weighted by molar-refractivity contribution is -0.132. The number of anilines is 1. The number of nitrogens with zero attached hydrogens (tertiary/aromatic N) is 1. The number of para-hydroxylation sites is 1. The predicted octanol–water partition coefficient (Wildman–Crippen LogP) is 5.91. The number of ether oxygens (including phenoxy) is 1. The minimum absolute atomic E-state index is 0.0686. The first-order valence-electron chi connectivity index (χ1n) is 11.6. The van der Waals surface area contributed by atoms with Crippen LogP contribution >= 0.6 is 0 Å². The van der Waals surface area contributed by atoms with Gasteiger partial charge in [-0.1, -0.05) is 75.4 Å². The molecular formula is C29H29NO4. The van der Waals surface area contributed by atoms with E-state index in [1.807, 2.05) is 48.5 Å². The van der Waals surface area contributed by atoms with Gasteiger partial charge >= 0.3 is 0 Å². The molecule has 5 nitrogen and oxygen atoms in total. The van der Waals surface area contributed by atoms with Crippen LogP contribution < -0.4 is 9.64 Å². The average Bonchev–Trinajstić information content (AvgIpc) is 3.13. The molecule has 1 aliphatic rings. The number of benzene rings is 3. The van der Waals surface area contributed by atoms with Crippen molar-refractivity contribution in [3.63, 3.8) is 0 Å². The van der Waals surface area contributed by atoms with Crippen molar-refractivity contribution in [1.82, 2.24) is 0 Å². The molecule has 1 aliphatic heterocycles. The normalized spacial score (nSPS) is 17.4. The first-order chi connectivity index (χ1) is 16.4. The van der Waals surface area contributed by atoms with E-state index in [0.717, 1.165) is 17.5 Å². The Hall–Kier alpha value is -3.86. The minimum Gasteiger partial charge on any atom is -0.507 e. The molecule has 0 bridgehead atoms. The van der Waals surface area contributed by atoms with E-state index in [0.29, 0.717) is 29.5 Å². The fraction of sp³-hybridized carbons (Fsp3) is 0.241. The van der Waals surface area contributed by atoms with Gasteiger partial charge in [0.05, 0.1) is 18.2 Å². The van der Waals surface area contributed by atoms with Crippen LogP contribution in [-0.2, 0) is 16.0 Å². The highest BCUT2D eigenvalue weighted by Crippen LogP contribution is 2.42. The van der Waals surface area contributed by atoms with E-state index < -0.39 is 17.7 Å². The van der Waals surface area contributed by atoms with Crippen molar-refractivity contribution >= 4 is 23.1 Å². The van der Waals surface area contributed by atoms with Crippen LogP contribution in [-0.4, -0.2) is 23.4 Å². The Balaban J connectivity index is 1.85. The quantitative estimate of drug-likeness (QED) is 0.273. The summed E-state index contributed by atoms with van der Waals surface area (Å²) in [6.45, 7) is 6.71. The van der Waals surface area contributed by atoms with E-state index in [-0.39, 0.29) is 11.3 Å². The zero-order valence-corrected chi connectivity index (χ0v) is 19.7. The summed E-state index contributed by atoms with van der Waals surface area (Å²) in [5.41, 5.74) is 3.01. The van der Waals surface area contributed by atoms with Crippen molar-refractivity contribution in [1.29, 1.82) is 0 Å². The number of rotatable bonds is 7. The van der Waals surface area contributed by atoms with Crippen LogP contribution in [0.15, 0.2) is 84.4 Å². The molecule has 34 heavy (non-hydrogen) atoms. The van der Waals surface area contributed by atoms with Gasteiger partial charge in [0.1, 0.15) is 11.5 Å². The smallest absolute Gasteiger partial charge is 0.300 e. The van der Waals surface area contributed by atoms with Crippen LogP contribution in [0.1, 0.15) is 43.5 Å². The Labute approximate surface area is 200 Å². The number of aryl methyl sites for hydroxylation is 1. The molecule has 0 radical (unpaired) electrons. The molecule has 4 rings (SSSR count). The van der Waals surface area contributed by atoms with Crippen molar-refractivity contribution in [2.45, 2.75) is 33.2 Å². The molecule has 1 atom stereocenters. The third-order valence-electron chi connectivity index (χ3n) is 5.87. The average molecular weight is 456 g/mol. The van der Waals surface area contributed by atoms with E-state index in [1.165, 1.54) is 4.90 Å². The Bertz CT molecular complexity index is 1210. The largest absolute Gasteiger partial charge is 0.507 e. The van der Waals surface area contributed by atoms with Gasteiger partial charge in [-0.2, -0.15) is 0 Å². The molecule has 1 fully saturated rings. The second-order valence-corrected chi connectivity index (χ2v) is 8.83. The maximum Gasteiger partial charge on any atom is 0.300 e. The first kappa shape index (κ1) is 23.3. The molecule has 1 heterocycles. The van der Waals surface area contributed by atoms with Crippen molar-refractivity contribution in [2.24, 2.45) is 5.92 Å². The molecular weight excluding hydrogens is 426 g/mol. The molecule has 0 aliphatic carbocycles. The van der Waals surface area contributed by atoms with Crippen molar-refractivity contribution < 1.29 is 19.4 Å². The van der Waals surface area contributed by atoms with Crippen molar-refractivity contribution in [3.05, 3.63) is 101 Å². The lowest BCUT2D eigenvalue weighted by Gasteiger charge is -2.25. The maximum atomic E-state index is 13.3. The Morgan fingerprint density at radius 1 is 0.971 bits per heavy atom. The van der Waals surface area contributed by atoms with Crippen LogP contribution in [0, 0.1) is 5.92 Å². The number of aliphatic hydroxyl groups excluding tert-OH is 1. The number of amides is 1. The van der Waals surface area contributed by atoms with Gasteiger partial charge in [-0.25, -0.2) is 0 Å². The number of hydrogen-bond acceptors (Lipinski definition) is 4. The van der Waals surface area contributed by atoms with E-state index in [4.69, 9.17) is 4.74 Å². The van der Waals surface area contributed by atoms with Crippen LogP contribution in [0.25, 0.3) is 5.76 Å². The molecule has 1 N–H and O–H groups in total. The van der Waals surface area contributed by atoms with Crippen LogP contribution in [0.5, 0.6) is 5.75 Å². The lowest BCUT2D eigenvalue weighted by atomic mass is 9.94. The Kier molecular flexibility index (Phi) is 6.82. The Morgan fingerprint density at radius 3 is 2.32 bits per heavy atom. The SMILES string of the molecule is CCc1ccc(C2/C(=C(/O)c3cccc(OCC(C)C)c3)C(=O)C(=O)N2c2ccccc2)cc1. The third-order valence-corrected chi connectivity index (χ3v) is 5.87. The zero-order valence-electron chi connectivity index (χ0n) is 19.7. The van der Waals surface area contributed by atoms with Gasteiger partial charge in [-0.05, 0) is 47.7 Å². The van der Waals surface area contributed by atoms with Gasteiger partial charge in [-0.15, -0.1) is 0 Å². The molecule has 0 aromatic heterocycles. The van der Waals surface area contributed by atoms with E-state index in [9.17, 15) is 14.7 Å². The fourth-order valence-electron chi connectivity index (χ4n) is 4.09. The molecule has 0 spiro atoms. The van der Waals surface area contributed by atoms with Gasteiger partial charge in [0.2, 0.25) is 0 Å². The van der Waals surface area contributed by atoms with Gasteiger partial charge in [-0.3, -0.25) is 14.5 Å². The highest BCUT2D eigenvalue weighted by atomic mass is 16.5. The number of aliphatic hydroxyl groups is 1. The summed E-state index contributed by atoms with van der Waals surface area (Å²) in [4.78, 5) is 27.9. The Morgan fingerprint density at radius 2 is 1.68 bits per heavy atom. The summed E-state index contributed by atoms with van der Waals surface area (Å²) < 4.78 is 5.80. The third kappa shape index (κ3) is 4.60. The van der Waals surface area contributed by atoms with Crippen molar-refractivity contribution in [3.8, 4) is 5.75 Å². The van der Waals surface area contributed by atoms with Gasteiger partial charge in [0.25, 0.3) is 11.7 Å². The topological polar surface area (TPSA) is 66.8 Å². The molecule has 0 saturated carbocycles. The molecule has 1 unspecified atom stereocenters. The summed E-state index contributed by atoms with van der Waals surface area (Å²) in [5, 5.41) is 11.3. The molecule has 1 saturated heterocycles. The fourth-order valence-corrected chi connectivity index (χ4v) is 4.09. The maximum absolute atomic E-state index is 13.3. The van der Waals surface area contributed by atoms with E-state index >= 15 is 0 Å². The minimum atomic E-state index is -0.742. The lowest BCUT2D eigenvalue weighted by Crippen LogP contribution is -2.29. The number of carbonyl (C=O) groups excluding carboxylic acids is 2. The van der Waals surface area contributed by atoms with Crippen LogP contribution in [0.3, 0.4) is 0 Å². The molecule has 174 valence electrons. The highest BCUT2D eigenvalue weighted by Gasteiger charge is 2.46. The summed E-state index contributed by atoms with van der Waals surface area (Å²) >= 11 is 0. The standard InChI is InChI=1S/C29H29NO4/c1-4-20-13-15-21(16-14-20)26-25(28(32)29(33)30(26)23-10-6-5-7-11-23)27(31)22-9-8-12-24(17-22)34-18-19(2)3/h5-17,19,26,31H,4,18H2,1-3H3/b27-25-. The van der Waals surface area contributed by atoms with Crippen LogP contribution in [0.2, 0.25) is 0 Å². The number of ketones is 1. The van der Waals surface area contributed by atoms with Gasteiger partial charge in [0.15, 0.2) is 0 Å². The molecule has 1 amide bonds. The number of hydrogen-bond donors (Lipinski definition) is 1. The van der Waals surface area contributed by atoms with Crippen LogP contribution in [0.4, 0.5) is 5.69 Å². The van der Waals surface area contributed by atoms with E-state index in [2.05, 4.69) is 20.8 Å². The van der Waals surface area contributed by atoms with Gasteiger partial charge < -0.3 is 9.84 Å². The summed E-state index contributed by atoms with van der Waals surface area (Å²) in [7, 11) is 0.